The van der Waals surface area contributed by atoms with Gasteiger partial charge in [0.25, 0.3) is 0 Å². The van der Waals surface area contributed by atoms with Crippen LogP contribution in [0.4, 0.5) is 8.78 Å². The second kappa shape index (κ2) is 3.09. The predicted molar refractivity (Wildman–Crippen MR) is 42.1 cm³/mol. The van der Waals surface area contributed by atoms with Crippen molar-refractivity contribution in [1.82, 2.24) is 0 Å². The van der Waals surface area contributed by atoms with Gasteiger partial charge in [-0.2, -0.15) is 0 Å². The lowest BCUT2D eigenvalue weighted by Crippen LogP contribution is -1.95. The third-order valence-corrected chi connectivity index (χ3v) is 1.66. The third kappa shape index (κ3) is 1.55. The van der Waals surface area contributed by atoms with Crippen LogP contribution in [0.5, 0.6) is 5.75 Å². The molecule has 0 heterocycles. The molecule has 1 aromatic carbocycles. The van der Waals surface area contributed by atoms with Crippen LogP contribution in [-0.2, 0) is 0 Å². The van der Waals surface area contributed by atoms with Crippen molar-refractivity contribution in [3.8, 4) is 5.75 Å². The highest BCUT2D eigenvalue weighted by molar-refractivity contribution is 5.31. The smallest absolute Gasteiger partial charge is 0.162 e. The first-order valence-electron chi connectivity index (χ1n) is 3.70. The van der Waals surface area contributed by atoms with Crippen LogP contribution >= 0.6 is 0 Å². The molecule has 0 unspecified atom stereocenters. The maximum atomic E-state index is 12.9. The minimum absolute atomic E-state index is 0.133. The lowest BCUT2D eigenvalue weighted by atomic mass is 10.0. The number of hydrogen-bond donors (Lipinski definition) is 1. The molecular formula is C9H10F2O. The summed E-state index contributed by atoms with van der Waals surface area (Å²) in [5.41, 5.74) is 0.201. The Labute approximate surface area is 69.7 Å². The van der Waals surface area contributed by atoms with Gasteiger partial charge in [0.2, 0.25) is 0 Å². The Hall–Kier alpha value is -1.12. The number of phenolic OH excluding ortho intramolecular Hbond substituents is 1. The molecule has 1 nitrogen and oxygen atoms in total. The summed E-state index contributed by atoms with van der Waals surface area (Å²) < 4.78 is 25.6. The average molecular weight is 172 g/mol. The molecule has 0 radical (unpaired) electrons. The Kier molecular flexibility index (Phi) is 2.31. The summed E-state index contributed by atoms with van der Waals surface area (Å²) >= 11 is 0. The van der Waals surface area contributed by atoms with Gasteiger partial charge in [-0.3, -0.25) is 0 Å². The van der Waals surface area contributed by atoms with E-state index in [9.17, 15) is 8.78 Å². The van der Waals surface area contributed by atoms with E-state index < -0.39 is 11.6 Å². The maximum Gasteiger partial charge on any atom is 0.162 e. The van der Waals surface area contributed by atoms with E-state index in [2.05, 4.69) is 0 Å². The Balaban J connectivity index is 3.28. The molecule has 3 heteroatoms. The van der Waals surface area contributed by atoms with Crippen LogP contribution in [0.1, 0.15) is 25.3 Å². The molecule has 0 atom stereocenters. The van der Waals surface area contributed by atoms with Crippen LogP contribution in [0, 0.1) is 11.6 Å². The highest BCUT2D eigenvalue weighted by Crippen LogP contribution is 2.25. The van der Waals surface area contributed by atoms with Crippen molar-refractivity contribution >= 4 is 0 Å². The first kappa shape index (κ1) is 8.97. The van der Waals surface area contributed by atoms with E-state index in [0.717, 1.165) is 6.07 Å². The lowest BCUT2D eigenvalue weighted by Gasteiger charge is -2.07. The fraction of sp³-hybridized carbons (Fsp3) is 0.333. The van der Waals surface area contributed by atoms with E-state index in [1.807, 2.05) is 0 Å². The van der Waals surface area contributed by atoms with Gasteiger partial charge in [-0.05, 0) is 17.5 Å². The molecule has 0 fully saturated rings. The van der Waals surface area contributed by atoms with Crippen molar-refractivity contribution in [2.75, 3.05) is 0 Å². The van der Waals surface area contributed by atoms with Crippen LogP contribution in [0.25, 0.3) is 0 Å². The Morgan fingerprint density at radius 1 is 1.25 bits per heavy atom. The standard InChI is InChI=1S/C9H10F2O/c1-5(2)7-3-6(12)4-8(10)9(7)11/h3-5,12H,1-2H3. The topological polar surface area (TPSA) is 20.2 Å². The van der Waals surface area contributed by atoms with Crippen molar-refractivity contribution in [2.24, 2.45) is 0 Å². The minimum Gasteiger partial charge on any atom is -0.508 e. The number of aromatic hydroxyl groups is 1. The van der Waals surface area contributed by atoms with Crippen LogP contribution < -0.4 is 0 Å². The molecule has 0 saturated heterocycles. The minimum atomic E-state index is -1.00. The average Bonchev–Trinajstić information content (AvgIpc) is 1.96. The molecule has 1 N–H and O–H groups in total. The van der Waals surface area contributed by atoms with Gasteiger partial charge in [0.1, 0.15) is 5.75 Å². The molecule has 1 rings (SSSR count). The number of benzene rings is 1. The van der Waals surface area contributed by atoms with Crippen LogP contribution in [0.2, 0.25) is 0 Å². The highest BCUT2D eigenvalue weighted by atomic mass is 19.2. The van der Waals surface area contributed by atoms with Crippen molar-refractivity contribution in [1.29, 1.82) is 0 Å². The molecule has 0 amide bonds. The van der Waals surface area contributed by atoms with E-state index in [4.69, 9.17) is 5.11 Å². The van der Waals surface area contributed by atoms with Crippen LogP contribution in [0.3, 0.4) is 0 Å². The summed E-state index contributed by atoms with van der Waals surface area (Å²) in [5.74, 6) is -2.24. The predicted octanol–water partition coefficient (Wildman–Crippen LogP) is 2.79. The SMILES string of the molecule is CC(C)c1cc(O)cc(F)c1F. The quantitative estimate of drug-likeness (QED) is 0.690. The summed E-state index contributed by atoms with van der Waals surface area (Å²) in [7, 11) is 0. The molecule has 66 valence electrons. The zero-order valence-corrected chi connectivity index (χ0v) is 6.94. The monoisotopic (exact) mass is 172 g/mol. The fourth-order valence-electron chi connectivity index (χ4n) is 1.02. The van der Waals surface area contributed by atoms with E-state index in [-0.39, 0.29) is 17.2 Å². The van der Waals surface area contributed by atoms with Gasteiger partial charge in [0, 0.05) is 6.07 Å². The van der Waals surface area contributed by atoms with E-state index >= 15 is 0 Å². The van der Waals surface area contributed by atoms with Crippen molar-refractivity contribution in [3.63, 3.8) is 0 Å². The number of hydrogen-bond acceptors (Lipinski definition) is 1. The summed E-state index contributed by atoms with van der Waals surface area (Å²) in [6.07, 6.45) is 0. The van der Waals surface area contributed by atoms with Gasteiger partial charge in [-0.25, -0.2) is 8.78 Å². The van der Waals surface area contributed by atoms with E-state index in [1.165, 1.54) is 6.07 Å². The van der Waals surface area contributed by atoms with Gasteiger partial charge in [0.05, 0.1) is 0 Å². The molecule has 0 aromatic heterocycles. The van der Waals surface area contributed by atoms with Crippen molar-refractivity contribution < 1.29 is 13.9 Å². The largest absolute Gasteiger partial charge is 0.508 e. The molecule has 12 heavy (non-hydrogen) atoms. The molecule has 0 aliphatic heterocycles. The second-order valence-corrected chi connectivity index (χ2v) is 2.99. The fourth-order valence-corrected chi connectivity index (χ4v) is 1.02. The van der Waals surface area contributed by atoms with Gasteiger partial charge >= 0.3 is 0 Å². The lowest BCUT2D eigenvalue weighted by molar-refractivity contribution is 0.447. The first-order chi connectivity index (χ1) is 5.52. The van der Waals surface area contributed by atoms with Crippen molar-refractivity contribution in [2.45, 2.75) is 19.8 Å². The Morgan fingerprint density at radius 3 is 2.33 bits per heavy atom. The molecule has 0 saturated carbocycles. The number of halogens is 2. The van der Waals surface area contributed by atoms with Crippen LogP contribution in [0.15, 0.2) is 12.1 Å². The van der Waals surface area contributed by atoms with E-state index in [0.29, 0.717) is 0 Å². The molecule has 0 spiro atoms. The highest BCUT2D eigenvalue weighted by Gasteiger charge is 2.12. The zero-order chi connectivity index (χ0) is 9.30. The summed E-state index contributed by atoms with van der Waals surface area (Å²) in [4.78, 5) is 0. The van der Waals surface area contributed by atoms with Crippen molar-refractivity contribution in [3.05, 3.63) is 29.3 Å². The van der Waals surface area contributed by atoms with Gasteiger partial charge in [-0.15, -0.1) is 0 Å². The summed E-state index contributed by atoms with van der Waals surface area (Å²) in [6.45, 7) is 3.47. The number of phenols is 1. The maximum absolute atomic E-state index is 12.9. The van der Waals surface area contributed by atoms with E-state index in [1.54, 1.807) is 13.8 Å². The summed E-state index contributed by atoms with van der Waals surface area (Å²) in [5, 5.41) is 8.96. The molecular weight excluding hydrogens is 162 g/mol. The summed E-state index contributed by atoms with van der Waals surface area (Å²) in [6, 6.07) is 2.00. The molecule has 1 aromatic rings. The van der Waals surface area contributed by atoms with Gasteiger partial charge in [0.15, 0.2) is 11.6 Å². The Bertz CT molecular complexity index is 295. The van der Waals surface area contributed by atoms with Crippen LogP contribution in [-0.4, -0.2) is 5.11 Å². The van der Waals surface area contributed by atoms with Gasteiger partial charge < -0.3 is 5.11 Å². The van der Waals surface area contributed by atoms with Gasteiger partial charge in [-0.1, -0.05) is 13.8 Å². The molecule has 0 aliphatic rings. The molecule has 0 bridgehead atoms. The third-order valence-electron chi connectivity index (χ3n) is 1.66. The normalized spacial score (nSPS) is 10.8. The second-order valence-electron chi connectivity index (χ2n) is 2.99. The molecule has 0 aliphatic carbocycles. The number of rotatable bonds is 1. The first-order valence-corrected chi connectivity index (χ1v) is 3.70. The zero-order valence-electron chi connectivity index (χ0n) is 6.94. The Morgan fingerprint density at radius 2 is 1.83 bits per heavy atom.